The summed E-state index contributed by atoms with van der Waals surface area (Å²) in [5.41, 5.74) is 2.57. The lowest BCUT2D eigenvalue weighted by Gasteiger charge is -2.36. The Kier molecular flexibility index (Phi) is 5.99. The van der Waals surface area contributed by atoms with Crippen LogP contribution in [-0.2, 0) is 0 Å². The van der Waals surface area contributed by atoms with E-state index in [0.717, 1.165) is 11.3 Å². The van der Waals surface area contributed by atoms with E-state index in [1.165, 1.54) is 6.07 Å². The van der Waals surface area contributed by atoms with Gasteiger partial charge in [-0.05, 0) is 36.4 Å². The fourth-order valence-corrected chi connectivity index (χ4v) is 4.19. The maximum absolute atomic E-state index is 14.2. The summed E-state index contributed by atoms with van der Waals surface area (Å²) in [6, 6.07) is 21.6. The van der Waals surface area contributed by atoms with Crippen LogP contribution in [0.15, 0.2) is 83.4 Å². The molecule has 172 valence electrons. The van der Waals surface area contributed by atoms with Crippen LogP contribution in [0.25, 0.3) is 22.8 Å². The van der Waals surface area contributed by atoms with Crippen molar-refractivity contribution in [2.45, 2.75) is 0 Å². The first-order valence-electron chi connectivity index (χ1n) is 11.1. The number of carbonyl (C=O) groups excluding carboxylic acids is 1. The molecule has 1 fully saturated rings. The van der Waals surface area contributed by atoms with Crippen molar-refractivity contribution < 1.29 is 18.3 Å². The smallest absolute Gasteiger partial charge is 0.254 e. The number of amides is 1. The number of hydrogen-bond acceptors (Lipinski definition) is 5. The van der Waals surface area contributed by atoms with Gasteiger partial charge in [0.2, 0.25) is 5.89 Å². The summed E-state index contributed by atoms with van der Waals surface area (Å²) < 4.78 is 25.5. The number of halogens is 1. The van der Waals surface area contributed by atoms with Crippen molar-refractivity contribution in [2.24, 2.45) is 0 Å². The van der Waals surface area contributed by atoms with Gasteiger partial charge in [0.05, 0.1) is 24.6 Å². The number of benzene rings is 3. The second kappa shape index (κ2) is 9.39. The van der Waals surface area contributed by atoms with E-state index >= 15 is 0 Å². The number of methoxy groups -OCH3 is 1. The number of anilines is 1. The van der Waals surface area contributed by atoms with Crippen LogP contribution in [-0.4, -0.2) is 49.1 Å². The average molecular weight is 458 g/mol. The molecule has 6 nitrogen and oxygen atoms in total. The zero-order chi connectivity index (χ0) is 23.5. The number of hydrogen-bond donors (Lipinski definition) is 0. The molecule has 7 heteroatoms. The van der Waals surface area contributed by atoms with E-state index in [1.807, 2.05) is 53.4 Å². The van der Waals surface area contributed by atoms with Gasteiger partial charge in [0.15, 0.2) is 5.76 Å². The third-order valence-corrected chi connectivity index (χ3v) is 6.01. The Morgan fingerprint density at radius 3 is 2.53 bits per heavy atom. The van der Waals surface area contributed by atoms with Gasteiger partial charge in [0, 0.05) is 37.3 Å². The van der Waals surface area contributed by atoms with Crippen LogP contribution in [0.4, 0.5) is 10.1 Å². The third-order valence-electron chi connectivity index (χ3n) is 6.01. The average Bonchev–Trinajstić information content (AvgIpc) is 3.39. The SMILES string of the molecule is COc1cccc(-c2cnc(-c3ccccc3C(=O)N3CCN(c4ccccc4F)CC3)o2)c1. The molecule has 34 heavy (non-hydrogen) atoms. The molecule has 0 aliphatic carbocycles. The standard InChI is InChI=1S/C27H24FN3O3/c1-33-20-8-6-7-19(17-20)25-18-29-26(34-25)21-9-2-3-10-22(21)27(32)31-15-13-30(14-16-31)24-12-5-4-11-23(24)28/h2-12,17-18H,13-16H2,1H3. The number of para-hydroxylation sites is 1. The highest BCUT2D eigenvalue weighted by Gasteiger charge is 2.26. The molecule has 1 aromatic heterocycles. The molecule has 1 saturated heterocycles. The van der Waals surface area contributed by atoms with Gasteiger partial charge in [-0.15, -0.1) is 0 Å². The first-order valence-corrected chi connectivity index (χ1v) is 11.1. The third kappa shape index (κ3) is 4.24. The molecule has 0 atom stereocenters. The molecule has 1 aliphatic heterocycles. The molecule has 0 radical (unpaired) electrons. The normalized spacial score (nSPS) is 13.7. The molecule has 1 amide bonds. The van der Waals surface area contributed by atoms with E-state index in [4.69, 9.17) is 9.15 Å². The number of piperazine rings is 1. The Labute approximate surface area is 197 Å². The van der Waals surface area contributed by atoms with E-state index in [-0.39, 0.29) is 11.7 Å². The van der Waals surface area contributed by atoms with Crippen LogP contribution < -0.4 is 9.64 Å². The van der Waals surface area contributed by atoms with Crippen LogP contribution in [0.1, 0.15) is 10.4 Å². The molecular formula is C27H24FN3O3. The van der Waals surface area contributed by atoms with Crippen LogP contribution in [0.5, 0.6) is 5.75 Å². The molecule has 3 aromatic carbocycles. The molecule has 0 spiro atoms. The highest BCUT2D eigenvalue weighted by molar-refractivity contribution is 6.00. The molecule has 1 aliphatic rings. The molecule has 4 aromatic rings. The van der Waals surface area contributed by atoms with E-state index in [2.05, 4.69) is 4.98 Å². The Balaban J connectivity index is 1.35. The maximum Gasteiger partial charge on any atom is 0.254 e. The molecule has 0 N–H and O–H groups in total. The van der Waals surface area contributed by atoms with Crippen molar-refractivity contribution >= 4 is 11.6 Å². The Hall–Kier alpha value is -4.13. The summed E-state index contributed by atoms with van der Waals surface area (Å²) >= 11 is 0. The van der Waals surface area contributed by atoms with Crippen LogP contribution >= 0.6 is 0 Å². The van der Waals surface area contributed by atoms with Gasteiger partial charge >= 0.3 is 0 Å². The van der Waals surface area contributed by atoms with E-state index in [1.54, 1.807) is 36.4 Å². The number of ether oxygens (including phenoxy) is 1. The predicted molar refractivity (Wildman–Crippen MR) is 128 cm³/mol. The number of nitrogens with zero attached hydrogens (tertiary/aromatic N) is 3. The molecule has 0 saturated carbocycles. The lowest BCUT2D eigenvalue weighted by Crippen LogP contribution is -2.49. The largest absolute Gasteiger partial charge is 0.497 e. The van der Waals surface area contributed by atoms with Gasteiger partial charge < -0.3 is 19.0 Å². The van der Waals surface area contributed by atoms with Gasteiger partial charge in [0.1, 0.15) is 11.6 Å². The second-order valence-corrected chi connectivity index (χ2v) is 8.04. The van der Waals surface area contributed by atoms with Gasteiger partial charge in [-0.3, -0.25) is 4.79 Å². The first kappa shape index (κ1) is 21.7. The van der Waals surface area contributed by atoms with Crippen molar-refractivity contribution in [1.82, 2.24) is 9.88 Å². The van der Waals surface area contributed by atoms with Crippen molar-refractivity contribution in [3.8, 4) is 28.5 Å². The van der Waals surface area contributed by atoms with Crippen LogP contribution in [0.2, 0.25) is 0 Å². The molecule has 0 bridgehead atoms. The minimum atomic E-state index is -0.247. The zero-order valence-electron chi connectivity index (χ0n) is 18.8. The zero-order valence-corrected chi connectivity index (χ0v) is 18.8. The molecular weight excluding hydrogens is 433 g/mol. The summed E-state index contributed by atoms with van der Waals surface area (Å²) in [6.07, 6.45) is 1.65. The lowest BCUT2D eigenvalue weighted by molar-refractivity contribution is 0.0747. The summed E-state index contributed by atoms with van der Waals surface area (Å²) in [4.78, 5) is 21.6. The number of aromatic nitrogens is 1. The summed E-state index contributed by atoms with van der Waals surface area (Å²) in [7, 11) is 1.61. The topological polar surface area (TPSA) is 58.8 Å². The maximum atomic E-state index is 14.2. The highest BCUT2D eigenvalue weighted by atomic mass is 19.1. The summed E-state index contributed by atoms with van der Waals surface area (Å²) in [6.45, 7) is 2.13. The van der Waals surface area contributed by atoms with Crippen LogP contribution in [0, 0.1) is 5.82 Å². The molecule has 2 heterocycles. The lowest BCUT2D eigenvalue weighted by atomic mass is 10.1. The first-order chi connectivity index (χ1) is 16.6. The van der Waals surface area contributed by atoms with Gasteiger partial charge in [0.25, 0.3) is 5.91 Å². The molecule has 5 rings (SSSR count). The van der Waals surface area contributed by atoms with E-state index in [9.17, 15) is 9.18 Å². The predicted octanol–water partition coefficient (Wildman–Crippen LogP) is 5.12. The quantitative estimate of drug-likeness (QED) is 0.416. The van der Waals surface area contributed by atoms with Crippen molar-refractivity contribution in [3.63, 3.8) is 0 Å². The summed E-state index contributed by atoms with van der Waals surface area (Å²) in [5, 5.41) is 0. The number of oxazole rings is 1. The molecule has 0 unspecified atom stereocenters. The highest BCUT2D eigenvalue weighted by Crippen LogP contribution is 2.30. The second-order valence-electron chi connectivity index (χ2n) is 8.04. The van der Waals surface area contributed by atoms with Gasteiger partial charge in [-0.1, -0.05) is 36.4 Å². The van der Waals surface area contributed by atoms with Gasteiger partial charge in [-0.2, -0.15) is 0 Å². The van der Waals surface area contributed by atoms with Crippen molar-refractivity contribution in [1.29, 1.82) is 0 Å². The monoisotopic (exact) mass is 457 g/mol. The summed E-state index contributed by atoms with van der Waals surface area (Å²) in [5.74, 6) is 1.36. The fraction of sp³-hybridized carbons (Fsp3) is 0.185. The number of rotatable bonds is 5. The van der Waals surface area contributed by atoms with E-state index in [0.29, 0.717) is 54.6 Å². The number of carbonyl (C=O) groups is 1. The Morgan fingerprint density at radius 2 is 1.74 bits per heavy atom. The Bertz CT molecular complexity index is 1310. The van der Waals surface area contributed by atoms with Gasteiger partial charge in [-0.25, -0.2) is 9.37 Å². The van der Waals surface area contributed by atoms with E-state index < -0.39 is 0 Å². The van der Waals surface area contributed by atoms with Crippen LogP contribution in [0.3, 0.4) is 0 Å². The Morgan fingerprint density at radius 1 is 0.971 bits per heavy atom. The minimum absolute atomic E-state index is 0.0927. The fourth-order valence-electron chi connectivity index (χ4n) is 4.19. The van der Waals surface area contributed by atoms with Crippen molar-refractivity contribution in [2.75, 3.05) is 38.2 Å². The van der Waals surface area contributed by atoms with Crippen molar-refractivity contribution in [3.05, 3.63) is 90.4 Å². The minimum Gasteiger partial charge on any atom is -0.497 e.